The van der Waals surface area contributed by atoms with Crippen molar-refractivity contribution in [2.75, 3.05) is 33.2 Å². The molecule has 1 saturated carbocycles. The molecular weight excluding hydrogens is 296 g/mol. The second-order valence-electron chi connectivity index (χ2n) is 7.27. The molecule has 1 aromatic carbocycles. The van der Waals surface area contributed by atoms with Gasteiger partial charge in [-0.2, -0.15) is 0 Å². The molecule has 1 heterocycles. The number of hydrogen-bond donors (Lipinski definition) is 2. The van der Waals surface area contributed by atoms with E-state index in [0.29, 0.717) is 6.04 Å². The normalized spacial score (nSPS) is 22.9. The number of nitrogens with one attached hydrogen (secondary N) is 2. The zero-order valence-electron chi connectivity index (χ0n) is 15.0. The minimum absolute atomic E-state index is 0.627. The fourth-order valence-corrected chi connectivity index (χ4v) is 3.91. The molecule has 4 nitrogen and oxygen atoms in total. The summed E-state index contributed by atoms with van der Waals surface area (Å²) in [6.07, 6.45) is 7.74. The van der Waals surface area contributed by atoms with Crippen molar-refractivity contribution in [2.24, 2.45) is 10.9 Å². The molecule has 1 atom stereocenters. The van der Waals surface area contributed by atoms with Gasteiger partial charge in [-0.25, -0.2) is 0 Å². The first-order valence-electron chi connectivity index (χ1n) is 9.57. The van der Waals surface area contributed by atoms with Crippen LogP contribution in [0.5, 0.6) is 0 Å². The van der Waals surface area contributed by atoms with E-state index in [1.165, 1.54) is 57.3 Å². The van der Waals surface area contributed by atoms with E-state index in [1.54, 1.807) is 0 Å². The zero-order valence-corrected chi connectivity index (χ0v) is 15.0. The summed E-state index contributed by atoms with van der Waals surface area (Å²) in [5.41, 5.74) is 1.44. The van der Waals surface area contributed by atoms with Crippen LogP contribution in [-0.4, -0.2) is 50.1 Å². The molecule has 132 valence electrons. The first-order chi connectivity index (χ1) is 11.8. The fraction of sp³-hybridized carbons (Fsp3) is 0.650. The van der Waals surface area contributed by atoms with Crippen LogP contribution in [0.25, 0.3) is 0 Å². The maximum Gasteiger partial charge on any atom is 0.191 e. The predicted octanol–water partition coefficient (Wildman–Crippen LogP) is 2.66. The molecule has 0 spiro atoms. The van der Waals surface area contributed by atoms with E-state index in [-0.39, 0.29) is 0 Å². The van der Waals surface area contributed by atoms with E-state index in [4.69, 9.17) is 0 Å². The van der Waals surface area contributed by atoms with Crippen LogP contribution in [0.3, 0.4) is 0 Å². The van der Waals surface area contributed by atoms with E-state index in [2.05, 4.69) is 50.9 Å². The molecule has 0 bridgehead atoms. The molecule has 2 aliphatic rings. The van der Waals surface area contributed by atoms with Crippen molar-refractivity contribution in [3.05, 3.63) is 35.9 Å². The molecule has 1 aromatic rings. The van der Waals surface area contributed by atoms with Crippen molar-refractivity contribution in [1.82, 2.24) is 15.5 Å². The Bertz CT molecular complexity index is 508. The van der Waals surface area contributed by atoms with Gasteiger partial charge in [0.25, 0.3) is 0 Å². The Balaban J connectivity index is 1.34. The Morgan fingerprint density at radius 3 is 2.71 bits per heavy atom. The van der Waals surface area contributed by atoms with Gasteiger partial charge >= 0.3 is 0 Å². The van der Waals surface area contributed by atoms with Gasteiger partial charge in [0.1, 0.15) is 0 Å². The van der Waals surface area contributed by atoms with Crippen molar-refractivity contribution < 1.29 is 0 Å². The van der Waals surface area contributed by atoms with Crippen LogP contribution in [0.4, 0.5) is 0 Å². The predicted molar refractivity (Wildman–Crippen MR) is 101 cm³/mol. The quantitative estimate of drug-likeness (QED) is 0.623. The molecule has 2 N–H and O–H groups in total. The first kappa shape index (κ1) is 17.3. The third-order valence-corrected chi connectivity index (χ3v) is 5.41. The number of guanidine groups is 1. The third kappa shape index (κ3) is 5.23. The van der Waals surface area contributed by atoms with Gasteiger partial charge in [-0.05, 0) is 43.7 Å². The lowest BCUT2D eigenvalue weighted by molar-refractivity contribution is 0.328. The standard InChI is InChI=1S/C20H32N4/c1-21-20(23-19-9-5-6-10-19)22-15-18-12-14-24(16-18)13-11-17-7-3-2-4-8-17/h2-4,7-8,18-19H,5-6,9-16H2,1H3,(H2,21,22,23). The fourth-order valence-electron chi connectivity index (χ4n) is 3.91. The van der Waals surface area contributed by atoms with Crippen LogP contribution >= 0.6 is 0 Å². The van der Waals surface area contributed by atoms with Crippen LogP contribution < -0.4 is 10.6 Å². The summed E-state index contributed by atoms with van der Waals surface area (Å²) >= 11 is 0. The summed E-state index contributed by atoms with van der Waals surface area (Å²) < 4.78 is 0. The molecule has 3 rings (SSSR count). The second-order valence-corrected chi connectivity index (χ2v) is 7.27. The van der Waals surface area contributed by atoms with Gasteiger partial charge in [0.05, 0.1) is 0 Å². The highest BCUT2D eigenvalue weighted by Crippen LogP contribution is 2.18. The van der Waals surface area contributed by atoms with Gasteiger partial charge < -0.3 is 15.5 Å². The van der Waals surface area contributed by atoms with Gasteiger partial charge in [0.2, 0.25) is 0 Å². The van der Waals surface area contributed by atoms with Gasteiger partial charge in [0, 0.05) is 32.7 Å². The Hall–Kier alpha value is -1.55. The van der Waals surface area contributed by atoms with E-state index < -0.39 is 0 Å². The molecule has 0 aromatic heterocycles. The average Bonchev–Trinajstić information content (AvgIpc) is 3.29. The van der Waals surface area contributed by atoms with E-state index in [9.17, 15) is 0 Å². The maximum atomic E-state index is 4.39. The van der Waals surface area contributed by atoms with Crippen molar-refractivity contribution in [1.29, 1.82) is 0 Å². The topological polar surface area (TPSA) is 39.7 Å². The average molecular weight is 329 g/mol. The summed E-state index contributed by atoms with van der Waals surface area (Å²) in [5.74, 6) is 1.73. The summed E-state index contributed by atoms with van der Waals surface area (Å²) in [6, 6.07) is 11.4. The molecule has 1 aliphatic carbocycles. The smallest absolute Gasteiger partial charge is 0.191 e. The van der Waals surface area contributed by atoms with Crippen LogP contribution in [0.1, 0.15) is 37.7 Å². The number of likely N-dealkylation sites (tertiary alicyclic amines) is 1. The lowest BCUT2D eigenvalue weighted by Crippen LogP contribution is -2.44. The maximum absolute atomic E-state index is 4.39. The van der Waals surface area contributed by atoms with Crippen molar-refractivity contribution in [3.63, 3.8) is 0 Å². The van der Waals surface area contributed by atoms with Gasteiger partial charge in [-0.1, -0.05) is 43.2 Å². The number of benzene rings is 1. The molecule has 1 aliphatic heterocycles. The summed E-state index contributed by atoms with van der Waals surface area (Å²) in [5, 5.41) is 7.12. The monoisotopic (exact) mass is 328 g/mol. The molecule has 0 amide bonds. The number of nitrogens with zero attached hydrogens (tertiary/aromatic N) is 2. The highest BCUT2D eigenvalue weighted by atomic mass is 15.2. The minimum Gasteiger partial charge on any atom is -0.356 e. The molecule has 0 radical (unpaired) electrons. The lowest BCUT2D eigenvalue weighted by Gasteiger charge is -2.19. The van der Waals surface area contributed by atoms with E-state index >= 15 is 0 Å². The second kappa shape index (κ2) is 9.07. The zero-order chi connectivity index (χ0) is 16.6. The third-order valence-electron chi connectivity index (χ3n) is 5.41. The Kier molecular flexibility index (Phi) is 6.53. The Morgan fingerprint density at radius 2 is 1.96 bits per heavy atom. The van der Waals surface area contributed by atoms with E-state index in [1.807, 2.05) is 7.05 Å². The van der Waals surface area contributed by atoms with Crippen molar-refractivity contribution >= 4 is 5.96 Å². The molecule has 1 saturated heterocycles. The Labute approximate surface area is 146 Å². The number of rotatable bonds is 6. The molecule has 4 heteroatoms. The summed E-state index contributed by atoms with van der Waals surface area (Å²) in [6.45, 7) is 4.65. The van der Waals surface area contributed by atoms with Crippen LogP contribution in [0.15, 0.2) is 35.3 Å². The molecule has 1 unspecified atom stereocenters. The Morgan fingerprint density at radius 1 is 1.17 bits per heavy atom. The minimum atomic E-state index is 0.627. The summed E-state index contributed by atoms with van der Waals surface area (Å²) in [7, 11) is 1.88. The van der Waals surface area contributed by atoms with Crippen molar-refractivity contribution in [2.45, 2.75) is 44.6 Å². The number of aliphatic imine (C=N–C) groups is 1. The van der Waals surface area contributed by atoms with Crippen LogP contribution in [0, 0.1) is 5.92 Å². The molecule has 24 heavy (non-hydrogen) atoms. The van der Waals surface area contributed by atoms with Gasteiger partial charge in [-0.3, -0.25) is 4.99 Å². The van der Waals surface area contributed by atoms with Gasteiger partial charge in [-0.15, -0.1) is 0 Å². The van der Waals surface area contributed by atoms with Crippen molar-refractivity contribution in [3.8, 4) is 0 Å². The lowest BCUT2D eigenvalue weighted by atomic mass is 10.1. The largest absolute Gasteiger partial charge is 0.356 e. The van der Waals surface area contributed by atoms with E-state index in [0.717, 1.165) is 24.8 Å². The highest BCUT2D eigenvalue weighted by molar-refractivity contribution is 5.79. The van der Waals surface area contributed by atoms with Crippen LogP contribution in [0.2, 0.25) is 0 Å². The molecule has 2 fully saturated rings. The number of hydrogen-bond acceptors (Lipinski definition) is 2. The first-order valence-corrected chi connectivity index (χ1v) is 9.57. The molecular formula is C20H32N4. The highest BCUT2D eigenvalue weighted by Gasteiger charge is 2.22. The van der Waals surface area contributed by atoms with Gasteiger partial charge in [0.15, 0.2) is 5.96 Å². The SMILES string of the molecule is CN=C(NCC1CCN(CCc2ccccc2)C1)NC1CCCC1. The van der Waals surface area contributed by atoms with Crippen LogP contribution in [-0.2, 0) is 6.42 Å². The summed E-state index contributed by atoms with van der Waals surface area (Å²) in [4.78, 5) is 6.99.